The van der Waals surface area contributed by atoms with Crippen molar-refractivity contribution in [2.75, 3.05) is 40.4 Å². The van der Waals surface area contributed by atoms with Gasteiger partial charge >= 0.3 is 0 Å². The molecule has 0 radical (unpaired) electrons. The zero-order valence-electron chi connectivity index (χ0n) is 36.5. The molecule has 312 valence electrons. The molecule has 0 aliphatic rings. The third-order valence-corrected chi connectivity index (χ3v) is 10.3. The normalized spacial score (nSPS) is 12.2. The van der Waals surface area contributed by atoms with Gasteiger partial charge in [-0.05, 0) is 67.2 Å². The summed E-state index contributed by atoms with van der Waals surface area (Å²) in [5.74, 6) is 0.526. The van der Waals surface area contributed by atoms with Gasteiger partial charge in [-0.2, -0.15) is 10.2 Å². The van der Waals surface area contributed by atoms with Crippen molar-refractivity contribution < 1.29 is 28.7 Å². The standard InChI is InChI=1S/C45H66N6O6/c1-30(2)42(54)40-34-18-16-32(56-11)26-36(34)50(46-40)28-38(52)48(24-20-44(5,6)7)22-14-13-15-23-49(25-21-45(8,9)10)39(53)29-51-37-27-33(57-12)17-19-35(37)41(47-51)43(55)31(3)4/h16-19,26-27,30-31H,13-15,20-25,28-29H2,1-12H3. The molecule has 0 N–H and O–H groups in total. The van der Waals surface area contributed by atoms with Gasteiger partial charge in [0.1, 0.15) is 36.0 Å². The number of benzene rings is 2. The number of methoxy groups -OCH3 is 2. The molecule has 0 fully saturated rings. The van der Waals surface area contributed by atoms with E-state index in [1.165, 1.54) is 0 Å². The van der Waals surface area contributed by atoms with Crippen molar-refractivity contribution in [2.45, 2.75) is 114 Å². The molecule has 2 aromatic carbocycles. The van der Waals surface area contributed by atoms with Crippen LogP contribution in [0.25, 0.3) is 21.8 Å². The first-order valence-corrected chi connectivity index (χ1v) is 20.5. The molecule has 0 aliphatic carbocycles. The predicted octanol–water partition coefficient (Wildman–Crippen LogP) is 8.48. The van der Waals surface area contributed by atoms with E-state index in [9.17, 15) is 19.2 Å². The number of carbonyl (C=O) groups excluding carboxylic acids is 4. The molecule has 0 spiro atoms. The van der Waals surface area contributed by atoms with Gasteiger partial charge in [-0.25, -0.2) is 0 Å². The predicted molar refractivity (Wildman–Crippen MR) is 226 cm³/mol. The molecule has 12 nitrogen and oxygen atoms in total. The van der Waals surface area contributed by atoms with Gasteiger partial charge in [0.15, 0.2) is 11.6 Å². The average Bonchev–Trinajstić information content (AvgIpc) is 3.68. The van der Waals surface area contributed by atoms with E-state index in [0.717, 1.165) is 32.1 Å². The molecule has 2 heterocycles. The summed E-state index contributed by atoms with van der Waals surface area (Å²) < 4.78 is 14.2. The Balaban J connectivity index is 1.48. The highest BCUT2D eigenvalue weighted by Gasteiger charge is 2.26. The second kappa shape index (κ2) is 19.1. The van der Waals surface area contributed by atoms with Crippen LogP contribution in [0.2, 0.25) is 0 Å². The number of aromatic nitrogens is 4. The number of hydrogen-bond donors (Lipinski definition) is 0. The summed E-state index contributed by atoms with van der Waals surface area (Å²) in [6.45, 7) is 22.8. The maximum atomic E-state index is 14.0. The van der Waals surface area contributed by atoms with Crippen molar-refractivity contribution in [1.82, 2.24) is 29.4 Å². The fourth-order valence-corrected chi connectivity index (χ4v) is 6.61. The lowest BCUT2D eigenvalue weighted by atomic mass is 9.92. The van der Waals surface area contributed by atoms with Gasteiger partial charge < -0.3 is 19.3 Å². The van der Waals surface area contributed by atoms with Crippen LogP contribution in [0.3, 0.4) is 0 Å². The Labute approximate surface area is 339 Å². The van der Waals surface area contributed by atoms with Crippen LogP contribution in [-0.2, 0) is 22.7 Å². The fourth-order valence-electron chi connectivity index (χ4n) is 6.61. The summed E-state index contributed by atoms with van der Waals surface area (Å²) in [6.07, 6.45) is 4.02. The van der Waals surface area contributed by atoms with Crippen LogP contribution in [0, 0.1) is 22.7 Å². The summed E-state index contributed by atoms with van der Waals surface area (Å²) in [4.78, 5) is 58.1. The Morgan fingerprint density at radius 3 is 1.28 bits per heavy atom. The molecule has 4 aromatic rings. The maximum Gasteiger partial charge on any atom is 0.244 e. The lowest BCUT2D eigenvalue weighted by Crippen LogP contribution is -2.38. The highest BCUT2D eigenvalue weighted by atomic mass is 16.5. The SMILES string of the molecule is COc1ccc2c(C(=O)C(C)C)nn(CC(=O)N(CCCCCN(CCC(C)(C)C)C(=O)Cn3nc(C(=O)C(C)C)c4ccc(OC)cc43)CCC(C)(C)C)c2c1. The number of nitrogens with zero attached hydrogens (tertiary/aromatic N) is 6. The van der Waals surface area contributed by atoms with Gasteiger partial charge in [0, 0.05) is 60.9 Å². The Bertz CT molecular complexity index is 1890. The van der Waals surface area contributed by atoms with Crippen molar-refractivity contribution in [3.05, 3.63) is 47.8 Å². The van der Waals surface area contributed by atoms with E-state index in [0.29, 0.717) is 70.9 Å². The molecule has 0 atom stereocenters. The number of amides is 2. The maximum absolute atomic E-state index is 14.0. The first-order chi connectivity index (χ1) is 26.7. The van der Waals surface area contributed by atoms with E-state index in [2.05, 4.69) is 51.7 Å². The van der Waals surface area contributed by atoms with Gasteiger partial charge in [0.05, 0.1) is 25.3 Å². The Kier molecular flexibility index (Phi) is 15.1. The molecule has 0 unspecified atom stereocenters. The van der Waals surface area contributed by atoms with Crippen LogP contribution in [0.4, 0.5) is 0 Å². The summed E-state index contributed by atoms with van der Waals surface area (Å²) in [6, 6.07) is 10.9. The van der Waals surface area contributed by atoms with Gasteiger partial charge in [-0.15, -0.1) is 0 Å². The van der Waals surface area contributed by atoms with Crippen LogP contribution < -0.4 is 9.47 Å². The van der Waals surface area contributed by atoms with E-state index < -0.39 is 0 Å². The molecule has 57 heavy (non-hydrogen) atoms. The second-order valence-electron chi connectivity index (χ2n) is 18.3. The zero-order chi connectivity index (χ0) is 42.2. The van der Waals surface area contributed by atoms with Gasteiger partial charge in [0.25, 0.3) is 0 Å². The number of unbranched alkanes of at least 4 members (excludes halogenated alkanes) is 2. The Hall–Kier alpha value is -4.74. The minimum absolute atomic E-state index is 0.00668. The van der Waals surface area contributed by atoms with Crippen LogP contribution >= 0.6 is 0 Å². The molecule has 0 saturated heterocycles. The largest absolute Gasteiger partial charge is 0.497 e. The molecule has 12 heteroatoms. The lowest BCUT2D eigenvalue weighted by molar-refractivity contribution is -0.132. The number of Topliss-reactive ketones (excluding diaryl/α,β-unsaturated/α-hetero) is 2. The minimum Gasteiger partial charge on any atom is -0.497 e. The van der Waals surface area contributed by atoms with Gasteiger partial charge in [0.2, 0.25) is 11.8 Å². The lowest BCUT2D eigenvalue weighted by Gasteiger charge is -2.28. The first kappa shape index (κ1) is 45.0. The zero-order valence-corrected chi connectivity index (χ0v) is 36.5. The summed E-state index contributed by atoms with van der Waals surface area (Å²) in [5.41, 5.74) is 2.17. The van der Waals surface area contributed by atoms with Crippen molar-refractivity contribution in [3.8, 4) is 11.5 Å². The van der Waals surface area contributed by atoms with E-state index in [1.807, 2.05) is 73.9 Å². The molecular formula is C45H66N6O6. The summed E-state index contributed by atoms with van der Waals surface area (Å²) in [7, 11) is 3.18. The third-order valence-electron chi connectivity index (χ3n) is 10.3. The summed E-state index contributed by atoms with van der Waals surface area (Å²) in [5, 5.41) is 10.8. The second-order valence-corrected chi connectivity index (χ2v) is 18.3. The van der Waals surface area contributed by atoms with E-state index in [4.69, 9.17) is 9.47 Å². The third kappa shape index (κ3) is 12.1. The van der Waals surface area contributed by atoms with Crippen molar-refractivity contribution in [3.63, 3.8) is 0 Å². The van der Waals surface area contributed by atoms with Gasteiger partial charge in [-0.3, -0.25) is 28.5 Å². The molecule has 2 amide bonds. The van der Waals surface area contributed by atoms with Crippen LogP contribution in [0.1, 0.15) is 122 Å². The minimum atomic E-state index is -0.236. The van der Waals surface area contributed by atoms with Crippen molar-refractivity contribution >= 4 is 45.2 Å². The van der Waals surface area contributed by atoms with E-state index in [-0.39, 0.29) is 59.1 Å². The van der Waals surface area contributed by atoms with Crippen LogP contribution in [0.5, 0.6) is 11.5 Å². The number of carbonyl (C=O) groups is 4. The smallest absolute Gasteiger partial charge is 0.244 e. The molecule has 2 aromatic heterocycles. The van der Waals surface area contributed by atoms with Crippen molar-refractivity contribution in [2.24, 2.45) is 22.7 Å². The summed E-state index contributed by atoms with van der Waals surface area (Å²) >= 11 is 0. The quantitative estimate of drug-likeness (QED) is 0.0645. The van der Waals surface area contributed by atoms with Crippen LogP contribution in [0.15, 0.2) is 36.4 Å². The Morgan fingerprint density at radius 1 is 0.596 bits per heavy atom. The number of hydrogen-bond acceptors (Lipinski definition) is 8. The molecule has 0 saturated carbocycles. The highest BCUT2D eigenvalue weighted by Crippen LogP contribution is 2.28. The number of fused-ring (bicyclic) bond motifs is 2. The monoisotopic (exact) mass is 787 g/mol. The molecule has 0 aliphatic heterocycles. The molecular weight excluding hydrogens is 721 g/mol. The van der Waals surface area contributed by atoms with E-state index in [1.54, 1.807) is 23.6 Å². The first-order valence-electron chi connectivity index (χ1n) is 20.5. The van der Waals surface area contributed by atoms with Crippen molar-refractivity contribution in [1.29, 1.82) is 0 Å². The topological polar surface area (TPSA) is 129 Å². The molecule has 0 bridgehead atoms. The fraction of sp³-hybridized carbons (Fsp3) is 0.600. The number of ether oxygens (including phenoxy) is 2. The Morgan fingerprint density at radius 2 is 0.965 bits per heavy atom. The number of ketones is 2. The molecule has 4 rings (SSSR count). The van der Waals surface area contributed by atoms with Gasteiger partial charge in [-0.1, -0.05) is 69.2 Å². The number of rotatable bonds is 20. The highest BCUT2D eigenvalue weighted by molar-refractivity contribution is 6.08. The average molecular weight is 787 g/mol. The van der Waals surface area contributed by atoms with E-state index >= 15 is 0 Å². The van der Waals surface area contributed by atoms with Crippen LogP contribution in [-0.4, -0.2) is 93.1 Å².